The minimum absolute atomic E-state index is 0.0802. The fraction of sp³-hybridized carbons (Fsp3) is 0.222. The van der Waals surface area contributed by atoms with Crippen LogP contribution in [-0.4, -0.2) is 25.7 Å². The molecule has 2 aromatic carbocycles. The molecule has 1 heterocycles. The molecule has 6 nitrogen and oxygen atoms in total. The number of benzene rings is 2. The van der Waals surface area contributed by atoms with Crippen molar-refractivity contribution in [3.05, 3.63) is 65.6 Å². The SMILES string of the molecule is COc1ccc(-c2noc(C(C)S(=O)(=O)Cc3ccc(F)c(F)c3)n2)cc1. The standard InChI is InChI=1S/C18H16F2N2O4S/c1-11(27(23,24)10-12-3-8-15(19)16(20)9-12)18-21-17(22-26-18)13-4-6-14(25-2)7-5-13/h3-9,11H,10H2,1-2H3. The lowest BCUT2D eigenvalue weighted by molar-refractivity contribution is 0.377. The Hall–Kier alpha value is -2.81. The maximum absolute atomic E-state index is 13.3. The van der Waals surface area contributed by atoms with Gasteiger partial charge in [-0.25, -0.2) is 17.2 Å². The maximum Gasteiger partial charge on any atom is 0.245 e. The van der Waals surface area contributed by atoms with Gasteiger partial charge >= 0.3 is 0 Å². The highest BCUT2D eigenvalue weighted by molar-refractivity contribution is 7.90. The summed E-state index contributed by atoms with van der Waals surface area (Å²) in [5.41, 5.74) is 0.770. The fourth-order valence-corrected chi connectivity index (χ4v) is 3.70. The third kappa shape index (κ3) is 4.13. The normalized spacial score (nSPS) is 12.7. The van der Waals surface area contributed by atoms with Crippen LogP contribution in [0, 0.1) is 11.6 Å². The predicted molar refractivity (Wildman–Crippen MR) is 93.7 cm³/mol. The fourth-order valence-electron chi connectivity index (χ4n) is 2.40. The van der Waals surface area contributed by atoms with Gasteiger partial charge in [0.2, 0.25) is 11.7 Å². The summed E-state index contributed by atoms with van der Waals surface area (Å²) in [6.45, 7) is 1.40. The van der Waals surface area contributed by atoms with Crippen LogP contribution in [0.2, 0.25) is 0 Å². The number of hydrogen-bond acceptors (Lipinski definition) is 6. The van der Waals surface area contributed by atoms with E-state index in [0.717, 1.165) is 12.1 Å². The molecule has 0 radical (unpaired) electrons. The zero-order valence-electron chi connectivity index (χ0n) is 14.5. The first-order valence-corrected chi connectivity index (χ1v) is 9.65. The Labute approximate surface area is 154 Å². The Kier molecular flexibility index (Phi) is 5.22. The lowest BCUT2D eigenvalue weighted by atomic mass is 10.2. The van der Waals surface area contributed by atoms with Crippen LogP contribution in [0.4, 0.5) is 8.78 Å². The molecule has 3 aromatic rings. The van der Waals surface area contributed by atoms with Crippen molar-refractivity contribution in [1.82, 2.24) is 10.1 Å². The zero-order chi connectivity index (χ0) is 19.6. The molecule has 0 fully saturated rings. The summed E-state index contributed by atoms with van der Waals surface area (Å²) in [5.74, 6) is -1.80. The Balaban J connectivity index is 1.80. The van der Waals surface area contributed by atoms with Crippen LogP contribution in [0.5, 0.6) is 5.75 Å². The average Bonchev–Trinajstić information content (AvgIpc) is 3.14. The first kappa shape index (κ1) is 19.0. The van der Waals surface area contributed by atoms with Crippen molar-refractivity contribution >= 4 is 9.84 Å². The number of nitrogens with zero attached hydrogens (tertiary/aromatic N) is 2. The lowest BCUT2D eigenvalue weighted by Gasteiger charge is -2.09. The summed E-state index contributed by atoms with van der Waals surface area (Å²) < 4.78 is 61.6. The summed E-state index contributed by atoms with van der Waals surface area (Å²) in [6.07, 6.45) is 0. The van der Waals surface area contributed by atoms with Gasteiger partial charge in [-0.2, -0.15) is 4.98 Å². The monoisotopic (exact) mass is 394 g/mol. The topological polar surface area (TPSA) is 82.3 Å². The molecule has 0 aliphatic rings. The third-order valence-electron chi connectivity index (χ3n) is 4.03. The molecule has 0 aliphatic carbocycles. The van der Waals surface area contributed by atoms with Crippen LogP contribution in [0.25, 0.3) is 11.4 Å². The number of ether oxygens (including phenoxy) is 1. The molecule has 1 atom stereocenters. The van der Waals surface area contributed by atoms with Gasteiger partial charge in [-0.15, -0.1) is 0 Å². The second kappa shape index (κ2) is 7.43. The molecule has 1 unspecified atom stereocenters. The highest BCUT2D eigenvalue weighted by Crippen LogP contribution is 2.27. The second-order valence-corrected chi connectivity index (χ2v) is 8.20. The molecule has 27 heavy (non-hydrogen) atoms. The van der Waals surface area contributed by atoms with Crippen LogP contribution in [-0.2, 0) is 15.6 Å². The van der Waals surface area contributed by atoms with Crippen molar-refractivity contribution in [1.29, 1.82) is 0 Å². The number of sulfone groups is 1. The quantitative estimate of drug-likeness (QED) is 0.634. The molecular formula is C18H16F2N2O4S. The van der Waals surface area contributed by atoms with Gasteiger partial charge < -0.3 is 9.26 Å². The van der Waals surface area contributed by atoms with E-state index in [1.807, 2.05) is 0 Å². The third-order valence-corrected chi connectivity index (χ3v) is 6.04. The van der Waals surface area contributed by atoms with Gasteiger partial charge in [-0.3, -0.25) is 0 Å². The van der Waals surface area contributed by atoms with Crippen LogP contribution >= 0.6 is 0 Å². The van der Waals surface area contributed by atoms with Crippen molar-refractivity contribution in [3.63, 3.8) is 0 Å². The number of rotatable bonds is 6. The molecule has 0 aliphatic heterocycles. The molecule has 9 heteroatoms. The van der Waals surface area contributed by atoms with Gasteiger partial charge in [0.05, 0.1) is 12.9 Å². The van der Waals surface area contributed by atoms with Crippen molar-refractivity contribution in [2.45, 2.75) is 17.9 Å². The molecule has 0 N–H and O–H groups in total. The Morgan fingerprint density at radius 3 is 2.44 bits per heavy atom. The molecular weight excluding hydrogens is 378 g/mol. The van der Waals surface area contributed by atoms with E-state index in [1.54, 1.807) is 31.4 Å². The van der Waals surface area contributed by atoms with E-state index in [9.17, 15) is 17.2 Å². The van der Waals surface area contributed by atoms with Crippen molar-refractivity contribution in [3.8, 4) is 17.1 Å². The largest absolute Gasteiger partial charge is 0.497 e. The number of methoxy groups -OCH3 is 1. The van der Waals surface area contributed by atoms with E-state index in [2.05, 4.69) is 10.1 Å². The first-order chi connectivity index (χ1) is 12.8. The Morgan fingerprint density at radius 1 is 1.11 bits per heavy atom. The minimum atomic E-state index is -3.78. The second-order valence-electron chi connectivity index (χ2n) is 5.88. The molecule has 0 bridgehead atoms. The van der Waals surface area contributed by atoms with E-state index >= 15 is 0 Å². The van der Waals surface area contributed by atoms with Gasteiger partial charge in [0, 0.05) is 5.56 Å². The highest BCUT2D eigenvalue weighted by atomic mass is 32.2. The van der Waals surface area contributed by atoms with Gasteiger partial charge in [-0.05, 0) is 48.9 Å². The summed E-state index contributed by atoms with van der Waals surface area (Å²) in [7, 11) is -2.24. The molecule has 0 spiro atoms. The van der Waals surface area contributed by atoms with Gasteiger partial charge in [0.1, 0.15) is 11.0 Å². The number of halogens is 2. The molecule has 3 rings (SSSR count). The maximum atomic E-state index is 13.3. The van der Waals surface area contributed by atoms with Gasteiger partial charge in [-0.1, -0.05) is 11.2 Å². The van der Waals surface area contributed by atoms with E-state index in [4.69, 9.17) is 9.26 Å². The summed E-state index contributed by atoms with van der Waals surface area (Å²) in [4.78, 5) is 4.14. The smallest absolute Gasteiger partial charge is 0.245 e. The summed E-state index contributed by atoms with van der Waals surface area (Å²) in [5, 5.41) is 2.70. The predicted octanol–water partition coefficient (Wildman–Crippen LogP) is 3.70. The molecule has 0 saturated heterocycles. The van der Waals surface area contributed by atoms with Crippen LogP contribution in [0.3, 0.4) is 0 Å². The van der Waals surface area contributed by atoms with E-state index in [1.165, 1.54) is 13.0 Å². The number of aromatic nitrogens is 2. The van der Waals surface area contributed by atoms with E-state index in [-0.39, 0.29) is 17.3 Å². The van der Waals surface area contributed by atoms with Crippen molar-refractivity contribution in [2.75, 3.05) is 7.11 Å². The number of hydrogen-bond donors (Lipinski definition) is 0. The lowest BCUT2D eigenvalue weighted by Crippen LogP contribution is -2.13. The molecule has 1 aromatic heterocycles. The zero-order valence-corrected chi connectivity index (χ0v) is 15.3. The summed E-state index contributed by atoms with van der Waals surface area (Å²) in [6, 6.07) is 9.83. The van der Waals surface area contributed by atoms with Crippen LogP contribution < -0.4 is 4.74 Å². The van der Waals surface area contributed by atoms with Crippen LogP contribution in [0.15, 0.2) is 47.0 Å². The van der Waals surface area contributed by atoms with Gasteiger partial charge in [0.15, 0.2) is 21.5 Å². The molecule has 142 valence electrons. The Bertz CT molecular complexity index is 1050. The van der Waals surface area contributed by atoms with Gasteiger partial charge in [0.25, 0.3) is 0 Å². The Morgan fingerprint density at radius 2 is 1.81 bits per heavy atom. The van der Waals surface area contributed by atoms with Crippen molar-refractivity contribution in [2.24, 2.45) is 0 Å². The summed E-state index contributed by atoms with van der Waals surface area (Å²) >= 11 is 0. The highest BCUT2D eigenvalue weighted by Gasteiger charge is 2.29. The minimum Gasteiger partial charge on any atom is -0.497 e. The van der Waals surface area contributed by atoms with E-state index < -0.39 is 32.5 Å². The molecule has 0 amide bonds. The average molecular weight is 394 g/mol. The first-order valence-electron chi connectivity index (χ1n) is 7.93. The molecule has 0 saturated carbocycles. The van der Waals surface area contributed by atoms with E-state index in [0.29, 0.717) is 11.3 Å². The van der Waals surface area contributed by atoms with Crippen molar-refractivity contribution < 1.29 is 26.5 Å². The van der Waals surface area contributed by atoms with Crippen LogP contribution in [0.1, 0.15) is 23.6 Å².